The Morgan fingerprint density at radius 2 is 1.91 bits per heavy atom. The number of rotatable bonds is 4. The zero-order chi connectivity index (χ0) is 15.7. The molecule has 5 heteroatoms. The van der Waals surface area contributed by atoms with Gasteiger partial charge in [-0.3, -0.25) is 0 Å². The van der Waals surface area contributed by atoms with Gasteiger partial charge in [0.25, 0.3) is 0 Å². The maximum absolute atomic E-state index is 9.54. The first kappa shape index (κ1) is 15.2. The van der Waals surface area contributed by atoms with Crippen LogP contribution >= 0.6 is 23.2 Å². The monoisotopic (exact) mass is 335 g/mol. The van der Waals surface area contributed by atoms with E-state index in [4.69, 9.17) is 27.9 Å². The molecule has 0 aliphatic rings. The van der Waals surface area contributed by atoms with E-state index in [1.807, 2.05) is 36.5 Å². The smallest absolute Gasteiger partial charge is 0.120 e. The first-order valence-corrected chi connectivity index (χ1v) is 7.58. The lowest BCUT2D eigenvalue weighted by molar-refractivity contribution is 0.283. The summed E-state index contributed by atoms with van der Waals surface area (Å²) in [6.45, 7) is 0.637. The van der Waals surface area contributed by atoms with E-state index in [0.717, 1.165) is 27.8 Å². The third kappa shape index (κ3) is 2.80. The molecule has 0 saturated heterocycles. The van der Waals surface area contributed by atoms with E-state index in [1.165, 1.54) is 0 Å². The molecule has 3 aromatic rings. The second kappa shape index (κ2) is 6.21. The lowest BCUT2D eigenvalue weighted by atomic mass is 10.2. The highest BCUT2D eigenvalue weighted by molar-refractivity contribution is 6.42. The molecule has 1 N–H and O–H groups in total. The second-order valence-electron chi connectivity index (χ2n) is 5.07. The van der Waals surface area contributed by atoms with Crippen LogP contribution in [0.15, 0.2) is 42.6 Å². The number of hydrogen-bond acceptors (Lipinski definition) is 2. The van der Waals surface area contributed by atoms with E-state index in [0.29, 0.717) is 16.6 Å². The summed E-state index contributed by atoms with van der Waals surface area (Å²) in [7, 11) is 1.64. The van der Waals surface area contributed by atoms with Crippen LogP contribution in [0.5, 0.6) is 5.75 Å². The average molecular weight is 336 g/mol. The first-order valence-electron chi connectivity index (χ1n) is 6.83. The molecule has 1 aromatic heterocycles. The van der Waals surface area contributed by atoms with E-state index in [9.17, 15) is 5.11 Å². The Balaban J connectivity index is 2.07. The predicted molar refractivity (Wildman–Crippen MR) is 90.0 cm³/mol. The van der Waals surface area contributed by atoms with Crippen LogP contribution in [0.1, 0.15) is 11.1 Å². The molecule has 1 heterocycles. The highest BCUT2D eigenvalue weighted by Gasteiger charge is 2.10. The largest absolute Gasteiger partial charge is 0.497 e. The Labute approximate surface area is 138 Å². The normalized spacial score (nSPS) is 11.1. The molecule has 0 radical (unpaired) electrons. The van der Waals surface area contributed by atoms with Gasteiger partial charge in [0.2, 0.25) is 0 Å². The van der Waals surface area contributed by atoms with Gasteiger partial charge in [0.15, 0.2) is 0 Å². The predicted octanol–water partition coefficient (Wildman–Crippen LogP) is 4.50. The molecule has 0 aliphatic carbocycles. The average Bonchev–Trinajstić information content (AvgIpc) is 2.88. The molecule has 0 aliphatic heterocycles. The van der Waals surface area contributed by atoms with Gasteiger partial charge in [-0.15, -0.1) is 0 Å². The first-order chi connectivity index (χ1) is 10.6. The van der Waals surface area contributed by atoms with E-state index in [1.54, 1.807) is 13.2 Å². The number of hydrogen-bond donors (Lipinski definition) is 1. The Hall–Kier alpha value is -1.68. The Kier molecular flexibility index (Phi) is 4.30. The minimum atomic E-state index is -0.00277. The molecule has 22 heavy (non-hydrogen) atoms. The molecule has 0 saturated carbocycles. The van der Waals surface area contributed by atoms with Gasteiger partial charge in [0.1, 0.15) is 5.75 Å². The fourth-order valence-corrected chi connectivity index (χ4v) is 2.89. The molecule has 2 aromatic carbocycles. The second-order valence-corrected chi connectivity index (χ2v) is 5.89. The minimum Gasteiger partial charge on any atom is -0.497 e. The fourth-order valence-electron chi connectivity index (χ4n) is 2.57. The van der Waals surface area contributed by atoms with E-state index < -0.39 is 0 Å². The van der Waals surface area contributed by atoms with Crippen LogP contribution in [0.25, 0.3) is 10.9 Å². The number of aliphatic hydroxyl groups is 1. The quantitative estimate of drug-likeness (QED) is 0.761. The molecule has 114 valence electrons. The maximum atomic E-state index is 9.54. The van der Waals surface area contributed by atoms with Crippen LogP contribution < -0.4 is 4.74 Å². The summed E-state index contributed by atoms with van der Waals surface area (Å²) in [6.07, 6.45) is 1.95. The van der Waals surface area contributed by atoms with Gasteiger partial charge in [0, 0.05) is 29.8 Å². The van der Waals surface area contributed by atoms with Crippen LogP contribution in [0.3, 0.4) is 0 Å². The summed E-state index contributed by atoms with van der Waals surface area (Å²) in [5.74, 6) is 0.783. The van der Waals surface area contributed by atoms with Crippen molar-refractivity contribution < 1.29 is 9.84 Å². The van der Waals surface area contributed by atoms with E-state index in [2.05, 4.69) is 4.57 Å². The summed E-state index contributed by atoms with van der Waals surface area (Å²) >= 11 is 12.0. The summed E-state index contributed by atoms with van der Waals surface area (Å²) in [4.78, 5) is 0. The standard InChI is InChI=1S/C17H15Cl2NO2/c1-22-13-3-4-14-12(10-21)9-20(17(14)7-13)8-11-2-5-15(18)16(19)6-11/h2-7,9,21H,8,10H2,1H3. The number of methoxy groups -OCH3 is 1. The van der Waals surface area contributed by atoms with Crippen molar-refractivity contribution in [3.05, 3.63) is 63.8 Å². The van der Waals surface area contributed by atoms with Gasteiger partial charge >= 0.3 is 0 Å². The SMILES string of the molecule is COc1ccc2c(CO)cn(Cc3ccc(Cl)c(Cl)c3)c2c1. The summed E-state index contributed by atoms with van der Waals surface area (Å²) in [5, 5.41) is 11.6. The Morgan fingerprint density at radius 3 is 2.59 bits per heavy atom. The van der Waals surface area contributed by atoms with Gasteiger partial charge < -0.3 is 14.4 Å². The molecule has 0 fully saturated rings. The number of nitrogens with zero attached hydrogens (tertiary/aromatic N) is 1. The van der Waals surface area contributed by atoms with E-state index >= 15 is 0 Å². The van der Waals surface area contributed by atoms with Gasteiger partial charge in [-0.25, -0.2) is 0 Å². The van der Waals surface area contributed by atoms with Crippen molar-refractivity contribution in [1.82, 2.24) is 4.57 Å². The lowest BCUT2D eigenvalue weighted by Crippen LogP contribution is -1.98. The van der Waals surface area contributed by atoms with Crippen molar-refractivity contribution in [2.24, 2.45) is 0 Å². The molecule has 0 spiro atoms. The topological polar surface area (TPSA) is 34.4 Å². The number of halogens is 2. The van der Waals surface area contributed by atoms with Crippen molar-refractivity contribution in [3.63, 3.8) is 0 Å². The molecule has 0 atom stereocenters. The van der Waals surface area contributed by atoms with Crippen molar-refractivity contribution in [1.29, 1.82) is 0 Å². The van der Waals surface area contributed by atoms with Crippen LogP contribution in [-0.4, -0.2) is 16.8 Å². The zero-order valence-electron chi connectivity index (χ0n) is 12.0. The number of fused-ring (bicyclic) bond motifs is 1. The van der Waals surface area contributed by atoms with Crippen LogP contribution in [0.4, 0.5) is 0 Å². The van der Waals surface area contributed by atoms with Gasteiger partial charge in [-0.05, 0) is 29.8 Å². The lowest BCUT2D eigenvalue weighted by Gasteiger charge is -2.08. The number of benzene rings is 2. The molecule has 0 bridgehead atoms. The molecular formula is C17H15Cl2NO2. The van der Waals surface area contributed by atoms with Crippen molar-refractivity contribution in [3.8, 4) is 5.75 Å². The van der Waals surface area contributed by atoms with E-state index in [-0.39, 0.29) is 6.61 Å². The third-order valence-electron chi connectivity index (χ3n) is 3.68. The van der Waals surface area contributed by atoms with Crippen molar-refractivity contribution >= 4 is 34.1 Å². The minimum absolute atomic E-state index is 0.00277. The molecular weight excluding hydrogens is 321 g/mol. The maximum Gasteiger partial charge on any atom is 0.120 e. The summed E-state index contributed by atoms with van der Waals surface area (Å²) in [6, 6.07) is 11.4. The zero-order valence-corrected chi connectivity index (χ0v) is 13.5. The molecule has 0 amide bonds. The van der Waals surface area contributed by atoms with Gasteiger partial charge in [-0.2, -0.15) is 0 Å². The van der Waals surface area contributed by atoms with Gasteiger partial charge in [0.05, 0.1) is 29.3 Å². The Bertz CT molecular complexity index is 827. The van der Waals surface area contributed by atoms with Crippen LogP contribution in [-0.2, 0) is 13.2 Å². The van der Waals surface area contributed by atoms with Gasteiger partial charge in [-0.1, -0.05) is 29.3 Å². The highest BCUT2D eigenvalue weighted by atomic mass is 35.5. The fraction of sp³-hybridized carbons (Fsp3) is 0.176. The summed E-state index contributed by atoms with van der Waals surface area (Å²) < 4.78 is 7.36. The Morgan fingerprint density at radius 1 is 1.09 bits per heavy atom. The van der Waals surface area contributed by atoms with Crippen LogP contribution in [0.2, 0.25) is 10.0 Å². The van der Waals surface area contributed by atoms with Crippen molar-refractivity contribution in [2.45, 2.75) is 13.2 Å². The summed E-state index contributed by atoms with van der Waals surface area (Å²) in [5.41, 5.74) is 2.94. The number of aliphatic hydroxyl groups excluding tert-OH is 1. The third-order valence-corrected chi connectivity index (χ3v) is 4.42. The number of ether oxygens (including phenoxy) is 1. The molecule has 0 unspecified atom stereocenters. The highest BCUT2D eigenvalue weighted by Crippen LogP contribution is 2.28. The molecule has 3 rings (SSSR count). The molecule has 3 nitrogen and oxygen atoms in total. The van der Waals surface area contributed by atoms with Crippen molar-refractivity contribution in [2.75, 3.05) is 7.11 Å². The van der Waals surface area contributed by atoms with Crippen LogP contribution in [0, 0.1) is 0 Å². The number of aromatic nitrogens is 1.